The Hall–Kier alpha value is -1.87. The number of methoxy groups -OCH3 is 2. The predicted octanol–water partition coefficient (Wildman–Crippen LogP) is 4.77. The summed E-state index contributed by atoms with van der Waals surface area (Å²) < 4.78 is 52.8. The Morgan fingerprint density at radius 3 is 2.59 bits per heavy atom. The number of amides is 1. The summed E-state index contributed by atoms with van der Waals surface area (Å²) in [6.07, 6.45) is 0. The molecule has 0 N–H and O–H groups in total. The zero-order valence-corrected chi connectivity index (χ0v) is 16.8. The summed E-state index contributed by atoms with van der Waals surface area (Å²) in [4.78, 5) is 14.4. The first-order chi connectivity index (χ1) is 12.9. The Morgan fingerprint density at radius 1 is 1.19 bits per heavy atom. The molecule has 0 bridgehead atoms. The maximum absolute atomic E-state index is 14.5. The van der Waals surface area contributed by atoms with Gasteiger partial charge in [0.2, 0.25) is 5.82 Å². The van der Waals surface area contributed by atoms with Crippen LogP contribution in [0.25, 0.3) is 0 Å². The van der Waals surface area contributed by atoms with Crippen LogP contribution in [0, 0.1) is 17.5 Å². The summed E-state index contributed by atoms with van der Waals surface area (Å²) in [5, 5.41) is -0.455. The van der Waals surface area contributed by atoms with E-state index >= 15 is 0 Å². The van der Waals surface area contributed by atoms with Crippen molar-refractivity contribution in [3.63, 3.8) is 0 Å². The minimum atomic E-state index is -1.47. The van der Waals surface area contributed by atoms with E-state index in [1.807, 2.05) is 6.07 Å². The summed E-state index contributed by atoms with van der Waals surface area (Å²) in [6, 6.07) is 5.92. The highest BCUT2D eigenvalue weighted by Crippen LogP contribution is 2.44. The molecular weight excluding hydrogens is 447 g/mol. The first kappa shape index (κ1) is 19.9. The summed E-state index contributed by atoms with van der Waals surface area (Å²) >= 11 is 4.86. The van der Waals surface area contributed by atoms with Crippen molar-refractivity contribution in [2.75, 3.05) is 26.5 Å². The van der Waals surface area contributed by atoms with Crippen molar-refractivity contribution in [3.8, 4) is 11.5 Å². The van der Waals surface area contributed by atoms with Gasteiger partial charge in [0.25, 0.3) is 5.91 Å². The van der Waals surface area contributed by atoms with Gasteiger partial charge in [0, 0.05) is 22.3 Å². The van der Waals surface area contributed by atoms with E-state index in [0.29, 0.717) is 24.1 Å². The molecule has 0 radical (unpaired) electrons. The van der Waals surface area contributed by atoms with E-state index in [1.54, 1.807) is 12.1 Å². The smallest absolute Gasteiger partial charge is 0.258 e. The molecule has 0 spiro atoms. The van der Waals surface area contributed by atoms with E-state index in [9.17, 15) is 18.0 Å². The Bertz CT molecular complexity index is 897. The van der Waals surface area contributed by atoms with Gasteiger partial charge in [0.15, 0.2) is 17.4 Å². The molecule has 1 unspecified atom stereocenters. The number of carbonyl (C=O) groups excluding carboxylic acids is 1. The van der Waals surface area contributed by atoms with Gasteiger partial charge in [-0.3, -0.25) is 4.79 Å². The first-order valence-electron chi connectivity index (χ1n) is 7.86. The van der Waals surface area contributed by atoms with Gasteiger partial charge in [-0.15, -0.1) is 11.8 Å². The molecular formula is C18H15BrF3NO3S. The van der Waals surface area contributed by atoms with Crippen molar-refractivity contribution in [3.05, 3.63) is 57.3 Å². The molecule has 1 atom stereocenters. The van der Waals surface area contributed by atoms with Crippen molar-refractivity contribution in [2.24, 2.45) is 0 Å². The molecule has 2 aromatic rings. The first-order valence-corrected chi connectivity index (χ1v) is 9.70. The van der Waals surface area contributed by atoms with Crippen LogP contribution in [0.4, 0.5) is 13.2 Å². The molecule has 4 nitrogen and oxygen atoms in total. The van der Waals surface area contributed by atoms with Gasteiger partial charge in [-0.2, -0.15) is 4.39 Å². The van der Waals surface area contributed by atoms with Gasteiger partial charge in [0.05, 0.1) is 19.8 Å². The lowest BCUT2D eigenvalue weighted by Crippen LogP contribution is -2.31. The lowest BCUT2D eigenvalue weighted by atomic mass is 10.1. The Labute approximate surface area is 166 Å². The highest BCUT2D eigenvalue weighted by atomic mass is 79.9. The van der Waals surface area contributed by atoms with Crippen molar-refractivity contribution >= 4 is 33.6 Å². The van der Waals surface area contributed by atoms with Crippen LogP contribution in [0.3, 0.4) is 0 Å². The third-order valence-electron chi connectivity index (χ3n) is 4.16. The summed E-state index contributed by atoms with van der Waals surface area (Å²) in [5.74, 6) is -4.53. The number of thioether (sulfide) groups is 1. The van der Waals surface area contributed by atoms with E-state index < -0.39 is 40.0 Å². The minimum Gasteiger partial charge on any atom is -0.496 e. The van der Waals surface area contributed by atoms with Crippen molar-refractivity contribution in [1.29, 1.82) is 0 Å². The fraction of sp³-hybridized carbons (Fsp3) is 0.278. The molecule has 1 amide bonds. The second-order valence-electron chi connectivity index (χ2n) is 5.68. The van der Waals surface area contributed by atoms with Crippen LogP contribution in [0.15, 0.2) is 28.7 Å². The summed E-state index contributed by atoms with van der Waals surface area (Å²) in [6.45, 7) is 0.324. The minimum absolute atomic E-state index is 0.324. The molecule has 1 aliphatic rings. The van der Waals surface area contributed by atoms with E-state index in [4.69, 9.17) is 4.74 Å². The van der Waals surface area contributed by atoms with Gasteiger partial charge in [-0.1, -0.05) is 15.9 Å². The molecule has 0 saturated carbocycles. The average molecular weight is 462 g/mol. The largest absolute Gasteiger partial charge is 0.496 e. The molecule has 1 aliphatic heterocycles. The Kier molecular flexibility index (Phi) is 5.90. The van der Waals surface area contributed by atoms with Gasteiger partial charge < -0.3 is 14.4 Å². The highest BCUT2D eigenvalue weighted by Gasteiger charge is 2.36. The normalized spacial score (nSPS) is 16.5. The van der Waals surface area contributed by atoms with E-state index in [2.05, 4.69) is 20.7 Å². The fourth-order valence-corrected chi connectivity index (χ4v) is 4.55. The molecule has 1 saturated heterocycles. The van der Waals surface area contributed by atoms with Gasteiger partial charge >= 0.3 is 0 Å². The topological polar surface area (TPSA) is 38.8 Å². The number of carbonyl (C=O) groups is 1. The number of ether oxygens (including phenoxy) is 2. The summed E-state index contributed by atoms with van der Waals surface area (Å²) in [5.41, 5.74) is 0.143. The molecule has 3 rings (SSSR count). The highest BCUT2D eigenvalue weighted by molar-refractivity contribution is 9.10. The SMILES string of the molecule is COc1ccc(Br)cc1C1SCCN1C(=O)c1cc(F)c(F)c(OC)c1F. The van der Waals surface area contributed by atoms with Crippen LogP contribution in [-0.4, -0.2) is 37.3 Å². The number of hydrogen-bond acceptors (Lipinski definition) is 4. The second-order valence-corrected chi connectivity index (χ2v) is 7.78. The average Bonchev–Trinajstić information content (AvgIpc) is 3.14. The number of rotatable bonds is 4. The molecule has 0 aliphatic carbocycles. The third-order valence-corrected chi connectivity index (χ3v) is 5.90. The van der Waals surface area contributed by atoms with Gasteiger partial charge in [-0.25, -0.2) is 8.78 Å². The van der Waals surface area contributed by atoms with Crippen LogP contribution >= 0.6 is 27.7 Å². The quantitative estimate of drug-likeness (QED) is 0.614. The van der Waals surface area contributed by atoms with E-state index in [1.165, 1.54) is 23.8 Å². The summed E-state index contributed by atoms with van der Waals surface area (Å²) in [7, 11) is 2.52. The monoisotopic (exact) mass is 461 g/mol. The van der Waals surface area contributed by atoms with Crippen molar-refractivity contribution < 1.29 is 27.4 Å². The number of nitrogens with zero attached hydrogens (tertiary/aromatic N) is 1. The standard InChI is InChI=1S/C18H15BrF3NO3S/c1-25-13-4-3-9(19)7-10(13)18-23(5-6-27-18)17(24)11-8-12(20)15(22)16(26-2)14(11)21/h3-4,7-8,18H,5-6H2,1-2H3. The Balaban J connectivity index is 2.03. The number of benzene rings is 2. The van der Waals surface area contributed by atoms with E-state index in [-0.39, 0.29) is 0 Å². The molecule has 2 aromatic carbocycles. The lowest BCUT2D eigenvalue weighted by molar-refractivity contribution is 0.0752. The van der Waals surface area contributed by atoms with Crippen LogP contribution in [0.5, 0.6) is 11.5 Å². The molecule has 9 heteroatoms. The zero-order valence-electron chi connectivity index (χ0n) is 14.4. The van der Waals surface area contributed by atoms with Crippen LogP contribution in [-0.2, 0) is 0 Å². The van der Waals surface area contributed by atoms with Gasteiger partial charge in [0.1, 0.15) is 11.1 Å². The second kappa shape index (κ2) is 8.02. The Morgan fingerprint density at radius 2 is 1.93 bits per heavy atom. The molecule has 144 valence electrons. The molecule has 1 fully saturated rings. The molecule has 1 heterocycles. The fourth-order valence-electron chi connectivity index (χ4n) is 2.90. The molecule has 0 aromatic heterocycles. The molecule has 27 heavy (non-hydrogen) atoms. The third kappa shape index (κ3) is 3.62. The van der Waals surface area contributed by atoms with Crippen LogP contribution in [0.1, 0.15) is 21.3 Å². The maximum atomic E-state index is 14.5. The van der Waals surface area contributed by atoms with Crippen LogP contribution < -0.4 is 9.47 Å². The van der Waals surface area contributed by atoms with Gasteiger partial charge in [-0.05, 0) is 24.3 Å². The maximum Gasteiger partial charge on any atom is 0.258 e. The van der Waals surface area contributed by atoms with E-state index in [0.717, 1.165) is 17.1 Å². The van der Waals surface area contributed by atoms with Crippen LogP contribution in [0.2, 0.25) is 0 Å². The number of halogens is 4. The zero-order chi connectivity index (χ0) is 19.7. The van der Waals surface area contributed by atoms with Crippen molar-refractivity contribution in [2.45, 2.75) is 5.37 Å². The predicted molar refractivity (Wildman–Crippen MR) is 99.8 cm³/mol. The number of hydrogen-bond donors (Lipinski definition) is 0. The van der Waals surface area contributed by atoms with Crippen molar-refractivity contribution in [1.82, 2.24) is 4.90 Å². The lowest BCUT2D eigenvalue weighted by Gasteiger charge is -2.26.